The standard InChI is InChI=1S/C19H33NO/c1-6-8-10-16-11-13-17(14-12-16)21-18(9-7-2)15-20-19(3,4)5/h11-14,18,20H,6-10,15H2,1-5H3. The van der Waals surface area contributed by atoms with E-state index in [9.17, 15) is 0 Å². The molecule has 1 unspecified atom stereocenters. The molecule has 1 aromatic carbocycles. The van der Waals surface area contributed by atoms with Crippen molar-refractivity contribution in [3.05, 3.63) is 29.8 Å². The molecule has 1 rings (SSSR count). The molecule has 1 atom stereocenters. The summed E-state index contributed by atoms with van der Waals surface area (Å²) in [5.74, 6) is 0.990. The minimum atomic E-state index is 0.138. The van der Waals surface area contributed by atoms with Crippen LogP contribution in [0.15, 0.2) is 24.3 Å². The lowest BCUT2D eigenvalue weighted by atomic mass is 10.1. The third kappa shape index (κ3) is 8.11. The lowest BCUT2D eigenvalue weighted by Crippen LogP contribution is -2.42. The summed E-state index contributed by atoms with van der Waals surface area (Å²) >= 11 is 0. The normalized spacial score (nSPS) is 13.2. The average Bonchev–Trinajstić information content (AvgIpc) is 2.43. The molecule has 120 valence electrons. The highest BCUT2D eigenvalue weighted by Crippen LogP contribution is 2.17. The van der Waals surface area contributed by atoms with E-state index in [-0.39, 0.29) is 11.6 Å². The molecule has 0 saturated heterocycles. The van der Waals surface area contributed by atoms with Crippen molar-refractivity contribution in [3.8, 4) is 5.75 Å². The zero-order valence-electron chi connectivity index (χ0n) is 14.5. The fraction of sp³-hybridized carbons (Fsp3) is 0.684. The van der Waals surface area contributed by atoms with E-state index in [0.29, 0.717) is 0 Å². The molecule has 1 aromatic rings. The van der Waals surface area contributed by atoms with Gasteiger partial charge < -0.3 is 10.1 Å². The van der Waals surface area contributed by atoms with E-state index >= 15 is 0 Å². The van der Waals surface area contributed by atoms with Gasteiger partial charge in [-0.1, -0.05) is 38.8 Å². The van der Waals surface area contributed by atoms with Crippen molar-refractivity contribution in [1.82, 2.24) is 5.32 Å². The summed E-state index contributed by atoms with van der Waals surface area (Å²) in [5, 5.41) is 3.54. The Morgan fingerprint density at radius 3 is 2.24 bits per heavy atom. The van der Waals surface area contributed by atoms with Gasteiger partial charge in [0.25, 0.3) is 0 Å². The molecule has 0 amide bonds. The number of aryl methyl sites for hydroxylation is 1. The van der Waals surface area contributed by atoms with Crippen molar-refractivity contribution in [2.75, 3.05) is 6.54 Å². The van der Waals surface area contributed by atoms with Crippen molar-refractivity contribution in [3.63, 3.8) is 0 Å². The molecule has 2 nitrogen and oxygen atoms in total. The molecule has 0 aliphatic rings. The van der Waals surface area contributed by atoms with Gasteiger partial charge in [0, 0.05) is 12.1 Å². The lowest BCUT2D eigenvalue weighted by Gasteiger charge is -2.26. The SMILES string of the molecule is CCCCc1ccc(OC(CCC)CNC(C)(C)C)cc1. The van der Waals surface area contributed by atoms with Crippen LogP contribution in [0.3, 0.4) is 0 Å². The molecule has 0 aliphatic carbocycles. The van der Waals surface area contributed by atoms with E-state index < -0.39 is 0 Å². The van der Waals surface area contributed by atoms with E-state index in [1.807, 2.05) is 0 Å². The van der Waals surface area contributed by atoms with Gasteiger partial charge in [-0.25, -0.2) is 0 Å². The Bertz CT molecular complexity index is 378. The Hall–Kier alpha value is -1.02. The van der Waals surface area contributed by atoms with E-state index in [4.69, 9.17) is 4.74 Å². The third-order valence-corrected chi connectivity index (χ3v) is 3.52. The molecule has 21 heavy (non-hydrogen) atoms. The lowest BCUT2D eigenvalue weighted by molar-refractivity contribution is 0.175. The van der Waals surface area contributed by atoms with E-state index in [1.54, 1.807) is 0 Å². The first-order valence-electron chi connectivity index (χ1n) is 8.45. The summed E-state index contributed by atoms with van der Waals surface area (Å²) in [7, 11) is 0. The van der Waals surface area contributed by atoms with Crippen molar-refractivity contribution >= 4 is 0 Å². The predicted molar refractivity (Wildman–Crippen MR) is 92.1 cm³/mol. The van der Waals surface area contributed by atoms with Gasteiger partial charge in [0.1, 0.15) is 11.9 Å². The number of hydrogen-bond donors (Lipinski definition) is 1. The van der Waals surface area contributed by atoms with Crippen LogP contribution in [-0.2, 0) is 6.42 Å². The summed E-state index contributed by atoms with van der Waals surface area (Å²) in [6.45, 7) is 11.9. The Balaban J connectivity index is 2.53. The van der Waals surface area contributed by atoms with Gasteiger partial charge in [-0.2, -0.15) is 0 Å². The topological polar surface area (TPSA) is 21.3 Å². The molecule has 0 spiro atoms. The molecule has 0 radical (unpaired) electrons. The Morgan fingerprint density at radius 1 is 1.05 bits per heavy atom. The van der Waals surface area contributed by atoms with Crippen LogP contribution in [0.2, 0.25) is 0 Å². The van der Waals surface area contributed by atoms with Gasteiger partial charge in [0.15, 0.2) is 0 Å². The smallest absolute Gasteiger partial charge is 0.119 e. The summed E-state index contributed by atoms with van der Waals surface area (Å²) in [6.07, 6.45) is 6.14. The van der Waals surface area contributed by atoms with Gasteiger partial charge in [-0.05, 0) is 57.7 Å². The van der Waals surface area contributed by atoms with E-state index in [1.165, 1.54) is 24.8 Å². The van der Waals surface area contributed by atoms with E-state index in [0.717, 1.165) is 25.1 Å². The first-order chi connectivity index (χ1) is 9.94. The molecule has 0 aromatic heterocycles. The number of rotatable bonds is 9. The number of nitrogens with one attached hydrogen (secondary N) is 1. The number of unbranched alkanes of at least 4 members (excludes halogenated alkanes) is 1. The molecule has 1 N–H and O–H groups in total. The largest absolute Gasteiger partial charge is 0.489 e. The zero-order chi connectivity index (χ0) is 15.7. The molecule has 0 fully saturated rings. The first-order valence-corrected chi connectivity index (χ1v) is 8.45. The van der Waals surface area contributed by atoms with Crippen LogP contribution in [0.5, 0.6) is 5.75 Å². The minimum Gasteiger partial charge on any atom is -0.489 e. The second-order valence-corrected chi connectivity index (χ2v) is 6.91. The molecule has 0 saturated carbocycles. The first kappa shape index (κ1) is 18.0. The summed E-state index contributed by atoms with van der Waals surface area (Å²) in [6, 6.07) is 8.63. The van der Waals surface area contributed by atoms with Gasteiger partial charge in [0.05, 0.1) is 0 Å². The highest BCUT2D eigenvalue weighted by Gasteiger charge is 2.15. The summed E-state index contributed by atoms with van der Waals surface area (Å²) < 4.78 is 6.15. The maximum absolute atomic E-state index is 6.15. The maximum atomic E-state index is 6.15. The second-order valence-electron chi connectivity index (χ2n) is 6.91. The molecule has 0 aliphatic heterocycles. The molecule has 0 bridgehead atoms. The Labute approximate surface area is 131 Å². The zero-order valence-corrected chi connectivity index (χ0v) is 14.5. The van der Waals surface area contributed by atoms with Crippen LogP contribution in [0, 0.1) is 0 Å². The van der Waals surface area contributed by atoms with Crippen molar-refractivity contribution in [2.24, 2.45) is 0 Å². The van der Waals surface area contributed by atoms with Crippen molar-refractivity contribution in [2.45, 2.75) is 78.4 Å². The predicted octanol–water partition coefficient (Wildman–Crippen LogP) is 4.96. The maximum Gasteiger partial charge on any atom is 0.119 e. The second kappa shape index (κ2) is 9.09. The average molecular weight is 291 g/mol. The molecule has 0 heterocycles. The summed E-state index contributed by atoms with van der Waals surface area (Å²) in [5.41, 5.74) is 1.54. The van der Waals surface area contributed by atoms with Gasteiger partial charge in [-0.3, -0.25) is 0 Å². The van der Waals surface area contributed by atoms with Crippen LogP contribution >= 0.6 is 0 Å². The van der Waals surface area contributed by atoms with E-state index in [2.05, 4.69) is 64.2 Å². The van der Waals surface area contributed by atoms with Crippen LogP contribution in [0.4, 0.5) is 0 Å². The van der Waals surface area contributed by atoms with Crippen LogP contribution in [0.1, 0.15) is 65.9 Å². The summed E-state index contributed by atoms with van der Waals surface area (Å²) in [4.78, 5) is 0. The highest BCUT2D eigenvalue weighted by molar-refractivity contribution is 5.27. The monoisotopic (exact) mass is 291 g/mol. The Morgan fingerprint density at radius 2 is 1.71 bits per heavy atom. The van der Waals surface area contributed by atoms with Gasteiger partial charge in [0.2, 0.25) is 0 Å². The molecular formula is C19H33NO. The van der Waals surface area contributed by atoms with Gasteiger partial charge in [-0.15, -0.1) is 0 Å². The number of benzene rings is 1. The number of hydrogen-bond acceptors (Lipinski definition) is 2. The molecule has 2 heteroatoms. The fourth-order valence-corrected chi connectivity index (χ4v) is 2.25. The van der Waals surface area contributed by atoms with Crippen LogP contribution < -0.4 is 10.1 Å². The highest BCUT2D eigenvalue weighted by atomic mass is 16.5. The van der Waals surface area contributed by atoms with Crippen molar-refractivity contribution < 1.29 is 4.74 Å². The van der Waals surface area contributed by atoms with Crippen LogP contribution in [0.25, 0.3) is 0 Å². The van der Waals surface area contributed by atoms with Crippen LogP contribution in [-0.4, -0.2) is 18.2 Å². The quantitative estimate of drug-likeness (QED) is 0.694. The van der Waals surface area contributed by atoms with Gasteiger partial charge >= 0.3 is 0 Å². The fourth-order valence-electron chi connectivity index (χ4n) is 2.25. The molecular weight excluding hydrogens is 258 g/mol. The minimum absolute atomic E-state index is 0.138. The Kier molecular flexibility index (Phi) is 7.81. The third-order valence-electron chi connectivity index (χ3n) is 3.52. The van der Waals surface area contributed by atoms with Crippen molar-refractivity contribution in [1.29, 1.82) is 0 Å². The number of ether oxygens (including phenoxy) is 1.